The van der Waals surface area contributed by atoms with Crippen LogP contribution < -0.4 is 10.1 Å². The fourth-order valence-electron chi connectivity index (χ4n) is 2.26. The largest absolute Gasteiger partial charge is 0.497 e. The summed E-state index contributed by atoms with van der Waals surface area (Å²) >= 11 is 3.02. The van der Waals surface area contributed by atoms with E-state index in [-0.39, 0.29) is 11.2 Å². The monoisotopic (exact) mass is 389 g/mol. The number of benzene rings is 1. The smallest absolute Gasteiger partial charge is 0.233 e. The fraction of sp³-hybridized carbons (Fsp3) is 0.294. The number of nitrogens with one attached hydrogen (secondary N) is 1. The van der Waals surface area contributed by atoms with Gasteiger partial charge in [0.25, 0.3) is 0 Å². The van der Waals surface area contributed by atoms with Gasteiger partial charge >= 0.3 is 0 Å². The third-order valence-corrected chi connectivity index (χ3v) is 5.63. The molecular weight excluding hydrogens is 370 g/mol. The first-order valence-corrected chi connectivity index (χ1v) is 9.83. The van der Waals surface area contributed by atoms with Crippen LogP contribution in [0.4, 0.5) is 0 Å². The van der Waals surface area contributed by atoms with Crippen molar-refractivity contribution in [2.24, 2.45) is 0 Å². The van der Waals surface area contributed by atoms with E-state index in [9.17, 15) is 4.79 Å². The first-order chi connectivity index (χ1) is 12.7. The minimum absolute atomic E-state index is 0.0316. The van der Waals surface area contributed by atoms with Gasteiger partial charge < -0.3 is 10.1 Å². The zero-order valence-electron chi connectivity index (χ0n) is 14.5. The summed E-state index contributed by atoms with van der Waals surface area (Å²) in [5.41, 5.74) is 0.809. The molecule has 3 rings (SSSR count). The van der Waals surface area contributed by atoms with E-state index >= 15 is 0 Å². The number of hydrogen-bond donors (Lipinski definition) is 1. The molecule has 0 spiro atoms. The number of carbonyl (C=O) groups excluding carboxylic acids is 1. The highest BCUT2D eigenvalue weighted by atomic mass is 32.2. The number of thioether (sulfide) groups is 1. The van der Waals surface area contributed by atoms with Crippen molar-refractivity contribution in [2.45, 2.75) is 23.8 Å². The first-order valence-electron chi connectivity index (χ1n) is 8.07. The van der Waals surface area contributed by atoms with Crippen molar-refractivity contribution in [3.8, 4) is 11.4 Å². The molecule has 7 nitrogen and oxygen atoms in total. The summed E-state index contributed by atoms with van der Waals surface area (Å²) in [6, 6.07) is 11.5. The molecule has 136 valence electrons. The Bertz CT molecular complexity index is 833. The number of ether oxygens (including phenoxy) is 1. The number of rotatable bonds is 8. The average Bonchev–Trinajstić information content (AvgIpc) is 3.33. The number of thiophene rings is 1. The summed E-state index contributed by atoms with van der Waals surface area (Å²) in [5.74, 6) is 0.727. The second-order valence-electron chi connectivity index (χ2n) is 5.45. The Morgan fingerprint density at radius 2 is 2.15 bits per heavy atom. The molecular formula is C17H19N5O2S2. The molecule has 0 fully saturated rings. The van der Waals surface area contributed by atoms with E-state index in [1.807, 2.05) is 42.6 Å². The van der Waals surface area contributed by atoms with Crippen LogP contribution in [0, 0.1) is 0 Å². The lowest BCUT2D eigenvalue weighted by Crippen LogP contribution is -2.32. The second kappa shape index (κ2) is 8.81. The molecule has 1 aromatic carbocycles. The van der Waals surface area contributed by atoms with Gasteiger partial charge in [0.05, 0.1) is 18.0 Å². The minimum atomic E-state index is -0.304. The van der Waals surface area contributed by atoms with Crippen LogP contribution in [-0.4, -0.2) is 45.0 Å². The molecule has 2 heterocycles. The van der Waals surface area contributed by atoms with Crippen molar-refractivity contribution in [3.05, 3.63) is 46.7 Å². The molecule has 9 heteroatoms. The third-order valence-electron chi connectivity index (χ3n) is 3.66. The summed E-state index contributed by atoms with van der Waals surface area (Å²) in [5, 5.41) is 17.0. The maximum absolute atomic E-state index is 12.3. The lowest BCUT2D eigenvalue weighted by Gasteiger charge is -2.11. The van der Waals surface area contributed by atoms with Gasteiger partial charge in [-0.05, 0) is 59.5 Å². The van der Waals surface area contributed by atoms with E-state index in [0.717, 1.165) is 17.9 Å². The Morgan fingerprint density at radius 1 is 1.35 bits per heavy atom. The fourth-order valence-corrected chi connectivity index (χ4v) is 3.80. The molecule has 1 atom stereocenters. The molecule has 0 aliphatic carbocycles. The maximum Gasteiger partial charge on any atom is 0.233 e. The second-order valence-corrected chi connectivity index (χ2v) is 7.79. The lowest BCUT2D eigenvalue weighted by molar-refractivity contribution is -0.120. The molecule has 0 bridgehead atoms. The van der Waals surface area contributed by atoms with Gasteiger partial charge in [0.2, 0.25) is 11.1 Å². The van der Waals surface area contributed by atoms with E-state index in [1.54, 1.807) is 23.1 Å². The van der Waals surface area contributed by atoms with Gasteiger partial charge in [0, 0.05) is 11.4 Å². The highest BCUT2D eigenvalue weighted by molar-refractivity contribution is 8.00. The summed E-state index contributed by atoms with van der Waals surface area (Å²) in [6.45, 7) is 2.46. The number of methoxy groups -OCH3 is 1. The Kier molecular flexibility index (Phi) is 6.24. The minimum Gasteiger partial charge on any atom is -0.497 e. The predicted molar refractivity (Wildman–Crippen MR) is 102 cm³/mol. The predicted octanol–water partition coefficient (Wildman–Crippen LogP) is 2.57. The molecule has 0 aliphatic rings. The van der Waals surface area contributed by atoms with Crippen molar-refractivity contribution in [3.63, 3.8) is 0 Å². The highest BCUT2D eigenvalue weighted by Gasteiger charge is 2.19. The van der Waals surface area contributed by atoms with Crippen molar-refractivity contribution >= 4 is 29.0 Å². The van der Waals surface area contributed by atoms with Crippen LogP contribution >= 0.6 is 23.1 Å². The number of carbonyl (C=O) groups is 1. The van der Waals surface area contributed by atoms with Gasteiger partial charge in [-0.15, -0.1) is 16.4 Å². The first kappa shape index (κ1) is 18.4. The van der Waals surface area contributed by atoms with Gasteiger partial charge in [-0.25, -0.2) is 0 Å². The van der Waals surface area contributed by atoms with E-state index < -0.39 is 0 Å². The van der Waals surface area contributed by atoms with Gasteiger partial charge in [-0.2, -0.15) is 4.68 Å². The van der Waals surface area contributed by atoms with Crippen LogP contribution in [-0.2, 0) is 11.2 Å². The van der Waals surface area contributed by atoms with E-state index in [0.29, 0.717) is 11.7 Å². The van der Waals surface area contributed by atoms with Crippen LogP contribution in [0.2, 0.25) is 0 Å². The number of hydrogen-bond acceptors (Lipinski definition) is 7. The Balaban J connectivity index is 1.57. The summed E-state index contributed by atoms with van der Waals surface area (Å²) < 4.78 is 6.77. The standard InChI is InChI=1S/C17H19N5O2S2/c1-12(16(23)18-10-9-15-4-3-11-25-15)26-17-19-20-21-22(17)13-5-7-14(24-2)8-6-13/h3-8,11-12H,9-10H2,1-2H3,(H,18,23). The normalized spacial score (nSPS) is 11.9. The number of nitrogens with zero attached hydrogens (tertiary/aromatic N) is 4. The van der Waals surface area contributed by atoms with Crippen LogP contribution in [0.1, 0.15) is 11.8 Å². The third kappa shape index (κ3) is 4.61. The zero-order valence-corrected chi connectivity index (χ0v) is 16.1. The van der Waals surface area contributed by atoms with E-state index in [4.69, 9.17) is 4.74 Å². The van der Waals surface area contributed by atoms with Crippen LogP contribution in [0.15, 0.2) is 46.9 Å². The van der Waals surface area contributed by atoms with Crippen molar-refractivity contribution in [1.82, 2.24) is 25.5 Å². The number of aromatic nitrogens is 4. The maximum atomic E-state index is 12.3. The van der Waals surface area contributed by atoms with E-state index in [1.165, 1.54) is 16.6 Å². The Morgan fingerprint density at radius 3 is 2.85 bits per heavy atom. The summed E-state index contributed by atoms with van der Waals surface area (Å²) in [6.07, 6.45) is 0.838. The summed E-state index contributed by atoms with van der Waals surface area (Å²) in [4.78, 5) is 13.6. The SMILES string of the molecule is COc1ccc(-n2nnnc2SC(C)C(=O)NCCc2cccs2)cc1. The molecule has 0 radical (unpaired) electrons. The molecule has 1 unspecified atom stereocenters. The topological polar surface area (TPSA) is 81.9 Å². The zero-order chi connectivity index (χ0) is 18.4. The van der Waals surface area contributed by atoms with Gasteiger partial charge in [-0.1, -0.05) is 17.8 Å². The van der Waals surface area contributed by atoms with Gasteiger partial charge in [0.15, 0.2) is 0 Å². The van der Waals surface area contributed by atoms with E-state index in [2.05, 4.69) is 26.9 Å². The molecule has 26 heavy (non-hydrogen) atoms. The van der Waals surface area contributed by atoms with Gasteiger partial charge in [-0.3, -0.25) is 4.79 Å². The molecule has 0 saturated carbocycles. The number of amides is 1. The molecule has 0 saturated heterocycles. The molecule has 3 aromatic rings. The van der Waals surface area contributed by atoms with Crippen molar-refractivity contribution < 1.29 is 9.53 Å². The number of tetrazole rings is 1. The molecule has 2 aromatic heterocycles. The van der Waals surface area contributed by atoms with Crippen LogP contribution in [0.5, 0.6) is 5.75 Å². The molecule has 1 amide bonds. The average molecular weight is 390 g/mol. The van der Waals surface area contributed by atoms with Gasteiger partial charge in [0.1, 0.15) is 5.75 Å². The molecule has 0 aliphatic heterocycles. The summed E-state index contributed by atoms with van der Waals surface area (Å²) in [7, 11) is 1.62. The lowest BCUT2D eigenvalue weighted by atomic mass is 10.3. The quantitative estimate of drug-likeness (QED) is 0.596. The Hall–Kier alpha value is -2.39. The van der Waals surface area contributed by atoms with Crippen molar-refractivity contribution in [1.29, 1.82) is 0 Å². The van der Waals surface area contributed by atoms with Crippen LogP contribution in [0.3, 0.4) is 0 Å². The van der Waals surface area contributed by atoms with Crippen molar-refractivity contribution in [2.75, 3.05) is 13.7 Å². The molecule has 1 N–H and O–H groups in total. The highest BCUT2D eigenvalue weighted by Crippen LogP contribution is 2.24. The van der Waals surface area contributed by atoms with Crippen LogP contribution in [0.25, 0.3) is 5.69 Å². The Labute approximate surface area is 159 Å².